The Kier molecular flexibility index (Phi) is 6.36. The normalized spacial score (nSPS) is 13.4. The lowest BCUT2D eigenvalue weighted by Crippen LogP contribution is -2.44. The molecule has 1 atom stereocenters. The van der Waals surface area contributed by atoms with E-state index in [2.05, 4.69) is 5.32 Å². The molecule has 14 heavy (non-hydrogen) atoms. The minimum absolute atomic E-state index is 0.0734. The Labute approximate surface area is 82.8 Å². The number of carbonyl (C=O) groups is 1. The van der Waals surface area contributed by atoms with Crippen molar-refractivity contribution in [1.29, 1.82) is 0 Å². The molecule has 0 radical (unpaired) electrons. The molecule has 0 heterocycles. The number of ether oxygens (including phenoxy) is 1. The average molecular weight is 209 g/mol. The molecule has 0 aromatic carbocycles. The van der Waals surface area contributed by atoms with Gasteiger partial charge in [-0.15, -0.1) is 0 Å². The summed E-state index contributed by atoms with van der Waals surface area (Å²) in [5.41, 5.74) is 0. The van der Waals surface area contributed by atoms with E-state index in [0.717, 1.165) is 0 Å². The van der Waals surface area contributed by atoms with Gasteiger partial charge in [0.1, 0.15) is 0 Å². The van der Waals surface area contributed by atoms with Crippen molar-refractivity contribution >= 4 is 5.91 Å². The molecule has 1 N–H and O–H groups in total. The van der Waals surface area contributed by atoms with Crippen molar-refractivity contribution in [2.24, 2.45) is 5.92 Å². The number of hydrogen-bond donors (Lipinski definition) is 1. The molecule has 0 saturated carbocycles. The van der Waals surface area contributed by atoms with E-state index in [1.807, 2.05) is 20.8 Å². The van der Waals surface area contributed by atoms with Gasteiger partial charge in [0, 0.05) is 6.61 Å². The van der Waals surface area contributed by atoms with Gasteiger partial charge >= 0.3 is 6.43 Å². The van der Waals surface area contributed by atoms with E-state index in [1.54, 1.807) is 0 Å². The number of hydrogen-bond acceptors (Lipinski definition) is 2. The molecule has 0 aliphatic heterocycles. The summed E-state index contributed by atoms with van der Waals surface area (Å²) in [6, 6.07) is -0.351. The van der Waals surface area contributed by atoms with Crippen molar-refractivity contribution in [2.45, 2.75) is 33.2 Å². The van der Waals surface area contributed by atoms with E-state index in [9.17, 15) is 13.6 Å². The van der Waals surface area contributed by atoms with Crippen molar-refractivity contribution in [1.82, 2.24) is 5.32 Å². The summed E-state index contributed by atoms with van der Waals surface area (Å²) in [4.78, 5) is 10.7. The summed E-state index contributed by atoms with van der Waals surface area (Å²) in [5.74, 6) is -1.16. The van der Waals surface area contributed by atoms with Gasteiger partial charge in [0.15, 0.2) is 0 Å². The summed E-state index contributed by atoms with van der Waals surface area (Å²) < 4.78 is 28.9. The van der Waals surface area contributed by atoms with E-state index < -0.39 is 12.3 Å². The largest absolute Gasteiger partial charge is 0.380 e. The molecule has 0 aliphatic rings. The first-order valence-corrected chi connectivity index (χ1v) is 4.65. The summed E-state index contributed by atoms with van der Waals surface area (Å²) in [6.45, 7) is 6.28. The highest BCUT2D eigenvalue weighted by atomic mass is 19.3. The quantitative estimate of drug-likeness (QED) is 0.718. The maximum atomic E-state index is 11.9. The molecular weight excluding hydrogens is 192 g/mol. The highest BCUT2D eigenvalue weighted by Crippen LogP contribution is 2.03. The molecule has 84 valence electrons. The van der Waals surface area contributed by atoms with E-state index in [1.165, 1.54) is 0 Å². The lowest BCUT2D eigenvalue weighted by atomic mass is 10.1. The van der Waals surface area contributed by atoms with Crippen molar-refractivity contribution in [3.05, 3.63) is 0 Å². The number of amides is 1. The molecule has 0 rings (SSSR count). The van der Waals surface area contributed by atoms with Crippen LogP contribution in [-0.2, 0) is 9.53 Å². The lowest BCUT2D eigenvalue weighted by Gasteiger charge is -2.21. The fraction of sp³-hybridized carbons (Fsp3) is 0.889. The zero-order chi connectivity index (χ0) is 11.1. The molecule has 0 bridgehead atoms. The van der Waals surface area contributed by atoms with Gasteiger partial charge in [-0.05, 0) is 12.8 Å². The van der Waals surface area contributed by atoms with Gasteiger partial charge in [0.05, 0.1) is 12.6 Å². The Morgan fingerprint density at radius 2 is 2.00 bits per heavy atom. The Bertz CT molecular complexity index is 174. The third-order valence-electron chi connectivity index (χ3n) is 1.83. The van der Waals surface area contributed by atoms with Crippen LogP contribution in [0.15, 0.2) is 0 Å². The Morgan fingerprint density at radius 3 is 2.36 bits per heavy atom. The van der Waals surface area contributed by atoms with Gasteiger partial charge in [-0.1, -0.05) is 13.8 Å². The third kappa shape index (κ3) is 5.11. The van der Waals surface area contributed by atoms with Crippen LogP contribution in [0.3, 0.4) is 0 Å². The summed E-state index contributed by atoms with van der Waals surface area (Å²) >= 11 is 0. The van der Waals surface area contributed by atoms with Crippen LogP contribution in [0.5, 0.6) is 0 Å². The molecule has 0 spiro atoms. The Morgan fingerprint density at radius 1 is 1.43 bits per heavy atom. The van der Waals surface area contributed by atoms with Gasteiger partial charge in [-0.25, -0.2) is 0 Å². The second kappa shape index (κ2) is 6.70. The number of nitrogens with one attached hydrogen (secondary N) is 1. The predicted molar refractivity (Wildman–Crippen MR) is 49.3 cm³/mol. The van der Waals surface area contributed by atoms with Crippen LogP contribution < -0.4 is 5.32 Å². The van der Waals surface area contributed by atoms with Gasteiger partial charge in [-0.2, -0.15) is 8.78 Å². The van der Waals surface area contributed by atoms with Crippen LogP contribution in [0.2, 0.25) is 0 Å². The standard InChI is InChI=1S/C9H17F2NO2/c1-4-14-5-7(6(2)3)12-9(13)8(10)11/h6-8H,4-5H2,1-3H3,(H,12,13). The van der Waals surface area contributed by atoms with E-state index in [-0.39, 0.29) is 18.6 Å². The Balaban J connectivity index is 4.02. The molecule has 0 aromatic rings. The molecule has 0 aliphatic carbocycles. The second-order valence-electron chi connectivity index (χ2n) is 3.32. The zero-order valence-corrected chi connectivity index (χ0v) is 8.72. The monoisotopic (exact) mass is 209 g/mol. The van der Waals surface area contributed by atoms with E-state index in [4.69, 9.17) is 4.74 Å². The summed E-state index contributed by atoms with van der Waals surface area (Å²) in [5, 5.41) is 2.24. The van der Waals surface area contributed by atoms with Gasteiger partial charge in [0.2, 0.25) is 0 Å². The van der Waals surface area contributed by atoms with E-state index >= 15 is 0 Å². The number of alkyl halides is 2. The first-order valence-electron chi connectivity index (χ1n) is 4.65. The molecule has 1 amide bonds. The molecule has 0 saturated heterocycles. The molecule has 5 heteroatoms. The lowest BCUT2D eigenvalue weighted by molar-refractivity contribution is -0.133. The minimum Gasteiger partial charge on any atom is -0.380 e. The molecule has 0 aromatic heterocycles. The molecule has 3 nitrogen and oxygen atoms in total. The van der Waals surface area contributed by atoms with Gasteiger partial charge in [0.25, 0.3) is 5.91 Å². The highest BCUT2D eigenvalue weighted by Gasteiger charge is 2.21. The molecule has 0 fully saturated rings. The summed E-state index contributed by atoms with van der Waals surface area (Å²) in [7, 11) is 0. The first-order chi connectivity index (χ1) is 6.49. The topological polar surface area (TPSA) is 38.3 Å². The number of carbonyl (C=O) groups excluding carboxylic acids is 1. The fourth-order valence-electron chi connectivity index (χ4n) is 0.891. The van der Waals surface area contributed by atoms with Crippen molar-refractivity contribution in [2.75, 3.05) is 13.2 Å². The smallest absolute Gasteiger partial charge is 0.315 e. The first kappa shape index (κ1) is 13.3. The third-order valence-corrected chi connectivity index (χ3v) is 1.83. The van der Waals surface area contributed by atoms with Gasteiger partial charge < -0.3 is 10.1 Å². The maximum Gasteiger partial charge on any atom is 0.315 e. The Hall–Kier alpha value is -0.710. The molecular formula is C9H17F2NO2. The zero-order valence-electron chi connectivity index (χ0n) is 8.72. The highest BCUT2D eigenvalue weighted by molar-refractivity contribution is 5.79. The van der Waals surface area contributed by atoms with Crippen LogP contribution in [0.1, 0.15) is 20.8 Å². The summed E-state index contributed by atoms with van der Waals surface area (Å²) in [6.07, 6.45) is -2.96. The molecule has 1 unspecified atom stereocenters. The number of halogens is 2. The predicted octanol–water partition coefficient (Wildman–Crippen LogP) is 1.43. The van der Waals surface area contributed by atoms with E-state index in [0.29, 0.717) is 6.61 Å². The second-order valence-corrected chi connectivity index (χ2v) is 3.32. The SMILES string of the molecule is CCOCC(NC(=O)C(F)F)C(C)C. The fourth-order valence-corrected chi connectivity index (χ4v) is 0.891. The van der Waals surface area contributed by atoms with Crippen molar-refractivity contribution in [3.8, 4) is 0 Å². The average Bonchev–Trinajstić information content (AvgIpc) is 2.10. The van der Waals surface area contributed by atoms with Crippen molar-refractivity contribution in [3.63, 3.8) is 0 Å². The maximum absolute atomic E-state index is 11.9. The minimum atomic E-state index is -2.96. The van der Waals surface area contributed by atoms with Crippen LogP contribution in [0.4, 0.5) is 8.78 Å². The van der Waals surface area contributed by atoms with Gasteiger partial charge in [-0.3, -0.25) is 4.79 Å². The number of rotatable bonds is 6. The van der Waals surface area contributed by atoms with Crippen LogP contribution in [-0.4, -0.2) is 31.6 Å². The van der Waals surface area contributed by atoms with Crippen LogP contribution >= 0.6 is 0 Å². The van der Waals surface area contributed by atoms with Crippen LogP contribution in [0.25, 0.3) is 0 Å². The van der Waals surface area contributed by atoms with Crippen LogP contribution in [0, 0.1) is 5.92 Å². The van der Waals surface area contributed by atoms with Crippen molar-refractivity contribution < 1.29 is 18.3 Å².